The Hall–Kier alpha value is -2.63. The zero-order chi connectivity index (χ0) is 14.4. The Labute approximate surface area is 117 Å². The fourth-order valence-electron chi connectivity index (χ4n) is 1.76. The van der Waals surface area contributed by atoms with Gasteiger partial charge in [-0.05, 0) is 5.56 Å². The zero-order valence-corrected chi connectivity index (χ0v) is 11.3. The van der Waals surface area contributed by atoms with Crippen LogP contribution in [0.4, 0.5) is 11.6 Å². The van der Waals surface area contributed by atoms with Crippen molar-refractivity contribution < 1.29 is 9.53 Å². The van der Waals surface area contributed by atoms with Crippen molar-refractivity contribution in [2.45, 2.75) is 6.04 Å². The summed E-state index contributed by atoms with van der Waals surface area (Å²) in [6.07, 6.45) is 1.42. The van der Waals surface area contributed by atoms with Gasteiger partial charge in [0.1, 0.15) is 18.0 Å². The lowest BCUT2D eigenvalue weighted by atomic mass is 10.1. The first-order valence-corrected chi connectivity index (χ1v) is 6.13. The number of hydrogen-bond donors (Lipinski definition) is 2. The number of nitrogens with zero attached hydrogens (tertiary/aromatic N) is 2. The third kappa shape index (κ3) is 3.23. The Balaban J connectivity index is 2.26. The first kappa shape index (κ1) is 13.8. The monoisotopic (exact) mass is 272 g/mol. The van der Waals surface area contributed by atoms with Crippen LogP contribution in [0.3, 0.4) is 0 Å². The number of ether oxygens (including phenoxy) is 1. The van der Waals surface area contributed by atoms with Crippen LogP contribution in [0, 0.1) is 0 Å². The van der Waals surface area contributed by atoms with E-state index in [4.69, 9.17) is 4.74 Å². The molecule has 104 valence electrons. The predicted octanol–water partition coefficient (Wildman–Crippen LogP) is 1.84. The van der Waals surface area contributed by atoms with Crippen LogP contribution in [-0.4, -0.2) is 30.1 Å². The molecule has 1 atom stereocenters. The lowest BCUT2D eigenvalue weighted by Gasteiger charge is -2.17. The molecule has 1 unspecified atom stereocenters. The number of carbonyl (C=O) groups excluding carboxylic acids is 1. The summed E-state index contributed by atoms with van der Waals surface area (Å²) < 4.78 is 4.84. The lowest BCUT2D eigenvalue weighted by molar-refractivity contribution is -0.141. The Morgan fingerprint density at radius 2 is 1.90 bits per heavy atom. The number of rotatable bonds is 5. The van der Waals surface area contributed by atoms with E-state index in [2.05, 4.69) is 20.6 Å². The summed E-state index contributed by atoms with van der Waals surface area (Å²) >= 11 is 0. The maximum absolute atomic E-state index is 11.9. The van der Waals surface area contributed by atoms with Crippen LogP contribution in [0.25, 0.3) is 0 Å². The molecule has 0 aliphatic heterocycles. The second kappa shape index (κ2) is 6.51. The second-order valence-corrected chi connectivity index (χ2v) is 4.05. The third-order valence-corrected chi connectivity index (χ3v) is 2.79. The van der Waals surface area contributed by atoms with Crippen LogP contribution >= 0.6 is 0 Å². The minimum atomic E-state index is -0.610. The normalized spacial score (nSPS) is 11.5. The van der Waals surface area contributed by atoms with Gasteiger partial charge in [0.15, 0.2) is 6.04 Å². The van der Waals surface area contributed by atoms with Crippen molar-refractivity contribution in [1.29, 1.82) is 0 Å². The van der Waals surface area contributed by atoms with Gasteiger partial charge in [0, 0.05) is 13.1 Å². The molecule has 0 spiro atoms. The Kier molecular flexibility index (Phi) is 4.49. The predicted molar refractivity (Wildman–Crippen MR) is 76.4 cm³/mol. The average Bonchev–Trinajstić information content (AvgIpc) is 2.53. The zero-order valence-electron chi connectivity index (χ0n) is 11.3. The molecular weight excluding hydrogens is 256 g/mol. The van der Waals surface area contributed by atoms with Gasteiger partial charge in [-0.15, -0.1) is 0 Å². The van der Waals surface area contributed by atoms with Crippen molar-refractivity contribution in [2.24, 2.45) is 0 Å². The van der Waals surface area contributed by atoms with E-state index in [1.54, 1.807) is 13.1 Å². The first-order valence-electron chi connectivity index (χ1n) is 6.13. The summed E-state index contributed by atoms with van der Waals surface area (Å²) in [6, 6.07) is 10.4. The van der Waals surface area contributed by atoms with Crippen molar-refractivity contribution in [3.05, 3.63) is 48.3 Å². The highest BCUT2D eigenvalue weighted by molar-refractivity contribution is 5.80. The SMILES string of the molecule is CNc1cc(NC(C(=O)OC)c2ccccc2)ncn1. The van der Waals surface area contributed by atoms with Gasteiger partial charge in [0.2, 0.25) is 0 Å². The van der Waals surface area contributed by atoms with Gasteiger partial charge in [-0.25, -0.2) is 14.8 Å². The van der Waals surface area contributed by atoms with Crippen molar-refractivity contribution in [1.82, 2.24) is 9.97 Å². The van der Waals surface area contributed by atoms with E-state index >= 15 is 0 Å². The Bertz CT molecular complexity index is 574. The highest BCUT2D eigenvalue weighted by atomic mass is 16.5. The molecule has 0 saturated carbocycles. The van der Waals surface area contributed by atoms with Crippen molar-refractivity contribution in [3.63, 3.8) is 0 Å². The van der Waals surface area contributed by atoms with Gasteiger partial charge in [0.05, 0.1) is 7.11 Å². The molecule has 0 radical (unpaired) electrons. The molecule has 0 bridgehead atoms. The molecule has 20 heavy (non-hydrogen) atoms. The van der Waals surface area contributed by atoms with Crippen LogP contribution < -0.4 is 10.6 Å². The first-order chi connectivity index (χ1) is 9.74. The van der Waals surface area contributed by atoms with Crippen LogP contribution in [0.2, 0.25) is 0 Å². The van der Waals surface area contributed by atoms with E-state index in [1.165, 1.54) is 13.4 Å². The molecule has 1 aromatic carbocycles. The molecule has 0 aliphatic carbocycles. The Morgan fingerprint density at radius 3 is 2.55 bits per heavy atom. The largest absolute Gasteiger partial charge is 0.467 e. The van der Waals surface area contributed by atoms with Crippen LogP contribution in [0.5, 0.6) is 0 Å². The third-order valence-electron chi connectivity index (χ3n) is 2.79. The number of aromatic nitrogens is 2. The smallest absolute Gasteiger partial charge is 0.333 e. The van der Waals surface area contributed by atoms with Gasteiger partial charge >= 0.3 is 5.97 Å². The van der Waals surface area contributed by atoms with Gasteiger partial charge in [-0.1, -0.05) is 30.3 Å². The summed E-state index contributed by atoms with van der Waals surface area (Å²) in [5, 5.41) is 5.97. The van der Waals surface area contributed by atoms with Crippen LogP contribution in [0.1, 0.15) is 11.6 Å². The molecule has 2 aromatic rings. The molecule has 1 heterocycles. The molecular formula is C14H16N4O2. The molecule has 2 rings (SSSR count). The molecule has 0 aliphatic rings. The Morgan fingerprint density at radius 1 is 1.20 bits per heavy atom. The quantitative estimate of drug-likeness (QED) is 0.809. The number of hydrogen-bond acceptors (Lipinski definition) is 6. The lowest BCUT2D eigenvalue weighted by Crippen LogP contribution is -2.22. The van der Waals surface area contributed by atoms with Gasteiger partial charge in [0.25, 0.3) is 0 Å². The topological polar surface area (TPSA) is 76.1 Å². The molecule has 0 amide bonds. The van der Waals surface area contributed by atoms with E-state index in [-0.39, 0.29) is 5.97 Å². The molecule has 6 heteroatoms. The number of anilines is 2. The van der Waals surface area contributed by atoms with Crippen LogP contribution in [0.15, 0.2) is 42.7 Å². The molecule has 1 aromatic heterocycles. The molecule has 0 fully saturated rings. The summed E-state index contributed by atoms with van der Waals surface area (Å²) in [7, 11) is 3.13. The van der Waals surface area contributed by atoms with E-state index in [9.17, 15) is 4.79 Å². The number of benzene rings is 1. The van der Waals surface area contributed by atoms with E-state index in [0.717, 1.165) is 5.56 Å². The van der Waals surface area contributed by atoms with Crippen molar-refractivity contribution in [2.75, 3.05) is 24.8 Å². The number of methoxy groups -OCH3 is 1. The minimum Gasteiger partial charge on any atom is -0.467 e. The summed E-state index contributed by atoms with van der Waals surface area (Å²) in [5.74, 6) is 0.837. The molecule has 0 saturated heterocycles. The van der Waals surface area contributed by atoms with E-state index in [0.29, 0.717) is 11.6 Å². The summed E-state index contributed by atoms with van der Waals surface area (Å²) in [5.41, 5.74) is 0.809. The van der Waals surface area contributed by atoms with Crippen molar-refractivity contribution >= 4 is 17.6 Å². The molecule has 2 N–H and O–H groups in total. The molecule has 6 nitrogen and oxygen atoms in total. The highest BCUT2D eigenvalue weighted by Gasteiger charge is 2.21. The van der Waals surface area contributed by atoms with E-state index < -0.39 is 6.04 Å². The van der Waals surface area contributed by atoms with E-state index in [1.807, 2.05) is 30.3 Å². The maximum Gasteiger partial charge on any atom is 0.333 e. The summed E-state index contributed by atoms with van der Waals surface area (Å²) in [4.78, 5) is 20.1. The number of carbonyl (C=O) groups is 1. The van der Waals surface area contributed by atoms with Gasteiger partial charge in [-0.2, -0.15) is 0 Å². The van der Waals surface area contributed by atoms with Gasteiger partial charge in [-0.3, -0.25) is 0 Å². The summed E-state index contributed by atoms with van der Waals surface area (Å²) in [6.45, 7) is 0. The number of esters is 1. The second-order valence-electron chi connectivity index (χ2n) is 4.05. The van der Waals surface area contributed by atoms with Crippen molar-refractivity contribution in [3.8, 4) is 0 Å². The van der Waals surface area contributed by atoms with Crippen LogP contribution in [-0.2, 0) is 9.53 Å². The number of nitrogens with one attached hydrogen (secondary N) is 2. The maximum atomic E-state index is 11.9. The standard InChI is InChI=1S/C14H16N4O2/c1-15-11-8-12(17-9-16-11)18-13(14(19)20-2)10-6-4-3-5-7-10/h3-9,13H,1-2H3,(H2,15,16,17,18). The average molecular weight is 272 g/mol. The van der Waals surface area contributed by atoms with Gasteiger partial charge < -0.3 is 15.4 Å². The minimum absolute atomic E-state index is 0.374. The highest BCUT2D eigenvalue weighted by Crippen LogP contribution is 2.20. The fraction of sp³-hybridized carbons (Fsp3) is 0.214. The fourth-order valence-corrected chi connectivity index (χ4v) is 1.76.